The lowest BCUT2D eigenvalue weighted by Gasteiger charge is -2.59. The van der Waals surface area contributed by atoms with E-state index in [-0.39, 0.29) is 0 Å². The van der Waals surface area contributed by atoms with E-state index in [1.807, 2.05) is 0 Å². The molecule has 0 heteroatoms. The monoisotopic (exact) mass is 500 g/mol. The number of fused-ring (bicyclic) bond motifs is 1. The molecule has 204 valence electrons. The first kappa shape index (κ1) is 28.4. The van der Waals surface area contributed by atoms with Gasteiger partial charge in [0.2, 0.25) is 0 Å². The van der Waals surface area contributed by atoms with Crippen molar-refractivity contribution >= 4 is 0 Å². The topological polar surface area (TPSA) is 0 Å². The van der Waals surface area contributed by atoms with E-state index < -0.39 is 0 Å². The minimum Gasteiger partial charge on any atom is -0.0619 e. The molecular formula is C37H56. The maximum Gasteiger partial charge on any atom is -0.00942 e. The van der Waals surface area contributed by atoms with Crippen molar-refractivity contribution in [2.24, 2.45) is 28.6 Å². The molecule has 2 aliphatic rings. The number of benzene rings is 2. The standard InChI is InChI=1S/C37H56/c1-10-29-18-14-19-30(11-2)34(29)25(5)23-27(7)37-26(6)17-16-22-36(37,9)33(24-28(37)8)35-31(12-3)20-15-21-32(35)13-4/h14-15,18-21,25-28,33H,10-13,16-17,22-24H2,1-9H3/t25-,26-,27?,28+,33+,36-,37?/m0/s1. The number of hydrogen-bond donors (Lipinski definition) is 0. The Morgan fingerprint density at radius 3 is 1.81 bits per heavy atom. The van der Waals surface area contributed by atoms with Gasteiger partial charge in [0.15, 0.2) is 0 Å². The average Bonchev–Trinajstić information content (AvgIpc) is 3.15. The third-order valence-electron chi connectivity index (χ3n) is 11.8. The van der Waals surface area contributed by atoms with Crippen LogP contribution in [0.1, 0.15) is 140 Å². The molecule has 2 fully saturated rings. The largest absolute Gasteiger partial charge is 0.0619 e. The van der Waals surface area contributed by atoms with Gasteiger partial charge < -0.3 is 0 Å². The Morgan fingerprint density at radius 1 is 0.784 bits per heavy atom. The molecule has 2 saturated carbocycles. The lowest BCUT2D eigenvalue weighted by Crippen LogP contribution is -2.53. The second kappa shape index (κ2) is 11.3. The Bertz CT molecular complexity index is 1020. The molecule has 0 radical (unpaired) electrons. The Balaban J connectivity index is 1.79. The minimum absolute atomic E-state index is 0.371. The molecule has 2 aromatic carbocycles. The van der Waals surface area contributed by atoms with Gasteiger partial charge in [-0.15, -0.1) is 0 Å². The van der Waals surface area contributed by atoms with Crippen LogP contribution in [0.5, 0.6) is 0 Å². The van der Waals surface area contributed by atoms with Crippen LogP contribution in [-0.2, 0) is 25.7 Å². The molecule has 7 atom stereocenters. The fraction of sp³-hybridized carbons (Fsp3) is 0.676. The summed E-state index contributed by atoms with van der Waals surface area (Å²) in [6.07, 6.45) is 11.5. The van der Waals surface area contributed by atoms with Gasteiger partial charge in [0, 0.05) is 0 Å². The summed E-state index contributed by atoms with van der Waals surface area (Å²) in [6, 6.07) is 14.3. The van der Waals surface area contributed by atoms with Gasteiger partial charge in [-0.25, -0.2) is 0 Å². The van der Waals surface area contributed by atoms with Crippen LogP contribution in [0.3, 0.4) is 0 Å². The van der Waals surface area contributed by atoms with E-state index in [0.29, 0.717) is 22.7 Å². The van der Waals surface area contributed by atoms with Crippen molar-refractivity contribution in [3.63, 3.8) is 0 Å². The Labute approximate surface area is 230 Å². The lowest BCUT2D eigenvalue weighted by molar-refractivity contribution is -0.0999. The van der Waals surface area contributed by atoms with Gasteiger partial charge in [0.05, 0.1) is 0 Å². The van der Waals surface area contributed by atoms with Crippen LogP contribution >= 0.6 is 0 Å². The Morgan fingerprint density at radius 2 is 1.30 bits per heavy atom. The van der Waals surface area contributed by atoms with Gasteiger partial charge in [0.1, 0.15) is 0 Å². The van der Waals surface area contributed by atoms with Crippen molar-refractivity contribution in [2.75, 3.05) is 0 Å². The zero-order valence-electron chi connectivity index (χ0n) is 25.7. The van der Waals surface area contributed by atoms with Gasteiger partial charge in [-0.3, -0.25) is 0 Å². The van der Waals surface area contributed by atoms with E-state index >= 15 is 0 Å². The molecule has 37 heavy (non-hydrogen) atoms. The summed E-state index contributed by atoms with van der Waals surface area (Å²) >= 11 is 0. The quantitative estimate of drug-likeness (QED) is 0.321. The summed E-state index contributed by atoms with van der Waals surface area (Å²) in [4.78, 5) is 0. The molecule has 0 aliphatic heterocycles. The van der Waals surface area contributed by atoms with E-state index in [4.69, 9.17) is 0 Å². The van der Waals surface area contributed by atoms with E-state index in [0.717, 1.165) is 43.4 Å². The predicted molar refractivity (Wildman–Crippen MR) is 163 cm³/mol. The fourth-order valence-electron chi connectivity index (χ4n) is 10.6. The second-order valence-electron chi connectivity index (χ2n) is 13.3. The molecule has 0 N–H and O–H groups in total. The maximum absolute atomic E-state index is 2.75. The molecule has 0 spiro atoms. The third-order valence-corrected chi connectivity index (χ3v) is 11.8. The summed E-state index contributed by atoms with van der Waals surface area (Å²) in [5.41, 5.74) is 10.6. The molecule has 2 aliphatic carbocycles. The van der Waals surface area contributed by atoms with E-state index in [1.54, 1.807) is 33.4 Å². The number of rotatable bonds is 9. The van der Waals surface area contributed by atoms with Gasteiger partial charge in [-0.1, -0.05) is 112 Å². The van der Waals surface area contributed by atoms with E-state index in [2.05, 4.69) is 98.7 Å². The molecule has 0 aromatic heterocycles. The van der Waals surface area contributed by atoms with Crippen molar-refractivity contribution in [2.45, 2.75) is 132 Å². The molecule has 0 heterocycles. The summed E-state index contributed by atoms with van der Waals surface area (Å²) in [5, 5.41) is 0. The van der Waals surface area contributed by atoms with Crippen LogP contribution in [0.4, 0.5) is 0 Å². The van der Waals surface area contributed by atoms with Gasteiger partial charge >= 0.3 is 0 Å². The van der Waals surface area contributed by atoms with Crippen molar-refractivity contribution in [1.82, 2.24) is 0 Å². The highest BCUT2D eigenvalue weighted by Crippen LogP contribution is 2.74. The molecule has 2 aromatic rings. The van der Waals surface area contributed by atoms with Crippen LogP contribution < -0.4 is 0 Å². The zero-order valence-corrected chi connectivity index (χ0v) is 25.7. The molecular weight excluding hydrogens is 444 g/mol. The van der Waals surface area contributed by atoms with Crippen molar-refractivity contribution < 1.29 is 0 Å². The third kappa shape index (κ3) is 4.43. The number of aryl methyl sites for hydroxylation is 4. The first-order chi connectivity index (χ1) is 17.7. The van der Waals surface area contributed by atoms with Crippen LogP contribution in [0.25, 0.3) is 0 Å². The number of hydrogen-bond acceptors (Lipinski definition) is 0. The summed E-state index contributed by atoms with van der Waals surface area (Å²) < 4.78 is 0. The zero-order chi connectivity index (χ0) is 27.0. The van der Waals surface area contributed by atoms with Gasteiger partial charge in [-0.05, 0) is 119 Å². The van der Waals surface area contributed by atoms with Crippen molar-refractivity contribution in [3.05, 3.63) is 69.8 Å². The normalized spacial score (nSPS) is 31.2. The van der Waals surface area contributed by atoms with Gasteiger partial charge in [0.25, 0.3) is 0 Å². The molecule has 0 bridgehead atoms. The smallest absolute Gasteiger partial charge is 0.00942 e. The van der Waals surface area contributed by atoms with E-state index in [9.17, 15) is 0 Å². The average molecular weight is 501 g/mol. The highest BCUT2D eigenvalue weighted by atomic mass is 14.7. The Kier molecular flexibility index (Phi) is 8.67. The molecule has 2 unspecified atom stereocenters. The van der Waals surface area contributed by atoms with Crippen LogP contribution in [-0.4, -0.2) is 0 Å². The SMILES string of the molecule is CCc1cccc(CC)c1[C@H]1C[C@@H](C)C2(C(C)C[C@H](C)c3c(CC)cccc3CC)[C@@H](C)CCC[C@@]12C. The fourth-order valence-corrected chi connectivity index (χ4v) is 10.6. The maximum atomic E-state index is 2.75. The lowest BCUT2D eigenvalue weighted by atomic mass is 9.45. The van der Waals surface area contributed by atoms with Crippen LogP contribution in [0.15, 0.2) is 36.4 Å². The highest BCUT2D eigenvalue weighted by Gasteiger charge is 2.66. The molecule has 0 amide bonds. The summed E-state index contributed by atoms with van der Waals surface area (Å²) in [7, 11) is 0. The van der Waals surface area contributed by atoms with Crippen LogP contribution in [0.2, 0.25) is 0 Å². The molecule has 4 rings (SSSR count). The summed E-state index contributed by atoms with van der Waals surface area (Å²) in [5.74, 6) is 3.59. The second-order valence-corrected chi connectivity index (χ2v) is 13.3. The molecule has 0 saturated heterocycles. The first-order valence-corrected chi connectivity index (χ1v) is 15.9. The van der Waals surface area contributed by atoms with Crippen molar-refractivity contribution in [1.29, 1.82) is 0 Å². The van der Waals surface area contributed by atoms with Gasteiger partial charge in [-0.2, -0.15) is 0 Å². The first-order valence-electron chi connectivity index (χ1n) is 15.9. The molecule has 0 nitrogen and oxygen atoms in total. The predicted octanol–water partition coefficient (Wildman–Crippen LogP) is 10.7. The summed E-state index contributed by atoms with van der Waals surface area (Å²) in [6.45, 7) is 22.7. The van der Waals surface area contributed by atoms with E-state index in [1.165, 1.54) is 32.1 Å². The highest BCUT2D eigenvalue weighted by molar-refractivity contribution is 5.42. The van der Waals surface area contributed by atoms with Crippen molar-refractivity contribution in [3.8, 4) is 0 Å². The van der Waals surface area contributed by atoms with Crippen LogP contribution in [0, 0.1) is 28.6 Å². The Hall–Kier alpha value is -1.56. The minimum atomic E-state index is 0.371.